The molecular formula is C16H15IO3. The minimum atomic E-state index is 0.0184. The molecule has 0 N–H and O–H groups in total. The third kappa shape index (κ3) is 3.30. The monoisotopic (exact) mass is 382 g/mol. The molecule has 0 bridgehead atoms. The van der Waals surface area contributed by atoms with Gasteiger partial charge in [-0.2, -0.15) is 0 Å². The predicted molar refractivity (Wildman–Crippen MR) is 86.7 cm³/mol. The number of carbonyl (C=O) groups is 1. The highest BCUT2D eigenvalue weighted by Gasteiger charge is 2.15. The van der Waals surface area contributed by atoms with Gasteiger partial charge in [0.25, 0.3) is 0 Å². The molecule has 104 valence electrons. The van der Waals surface area contributed by atoms with Gasteiger partial charge in [0.05, 0.1) is 19.8 Å². The van der Waals surface area contributed by atoms with E-state index in [1.54, 1.807) is 14.2 Å². The van der Waals surface area contributed by atoms with Crippen LogP contribution in [-0.2, 0) is 6.42 Å². The van der Waals surface area contributed by atoms with Crippen molar-refractivity contribution in [3.63, 3.8) is 0 Å². The van der Waals surface area contributed by atoms with Crippen molar-refractivity contribution in [2.75, 3.05) is 14.2 Å². The zero-order chi connectivity index (χ0) is 14.5. The molecule has 2 aromatic rings. The van der Waals surface area contributed by atoms with Gasteiger partial charge in [-0.15, -0.1) is 0 Å². The number of ketones is 1. The quantitative estimate of drug-likeness (QED) is 0.584. The first-order chi connectivity index (χ1) is 9.65. The van der Waals surface area contributed by atoms with Crippen molar-refractivity contribution in [3.05, 3.63) is 57.2 Å². The summed E-state index contributed by atoms with van der Waals surface area (Å²) in [6.45, 7) is 0. The first-order valence-corrected chi connectivity index (χ1v) is 7.22. The molecule has 0 saturated carbocycles. The fraction of sp³-hybridized carbons (Fsp3) is 0.188. The Morgan fingerprint density at radius 3 is 2.45 bits per heavy atom. The molecule has 0 aliphatic carbocycles. The number of halogens is 1. The molecule has 0 radical (unpaired) electrons. The summed E-state index contributed by atoms with van der Waals surface area (Å²) in [4.78, 5) is 12.5. The molecular weight excluding hydrogens is 367 g/mol. The fourth-order valence-corrected chi connectivity index (χ4v) is 2.51. The van der Waals surface area contributed by atoms with Crippen LogP contribution in [0.3, 0.4) is 0 Å². The van der Waals surface area contributed by atoms with Crippen molar-refractivity contribution in [1.82, 2.24) is 0 Å². The minimum Gasteiger partial charge on any atom is -0.496 e. The van der Waals surface area contributed by atoms with Crippen LogP contribution in [0.5, 0.6) is 11.5 Å². The Hall–Kier alpha value is -1.56. The Morgan fingerprint density at radius 2 is 1.75 bits per heavy atom. The number of hydrogen-bond donors (Lipinski definition) is 0. The molecule has 0 unspecified atom stereocenters. The highest BCUT2D eigenvalue weighted by Crippen LogP contribution is 2.25. The van der Waals surface area contributed by atoms with Gasteiger partial charge in [-0.25, -0.2) is 0 Å². The van der Waals surface area contributed by atoms with Crippen LogP contribution in [0.25, 0.3) is 0 Å². The highest BCUT2D eigenvalue weighted by atomic mass is 127. The molecule has 0 spiro atoms. The molecule has 0 heterocycles. The molecule has 0 aliphatic rings. The number of Topliss-reactive ketones (excluding diaryl/α,β-unsaturated/α-hetero) is 1. The Labute approximate surface area is 132 Å². The zero-order valence-corrected chi connectivity index (χ0v) is 13.5. The third-order valence-electron chi connectivity index (χ3n) is 3.01. The summed E-state index contributed by atoms with van der Waals surface area (Å²) < 4.78 is 11.5. The Morgan fingerprint density at radius 1 is 1.05 bits per heavy atom. The second-order valence-corrected chi connectivity index (χ2v) is 5.50. The largest absolute Gasteiger partial charge is 0.496 e. The minimum absolute atomic E-state index is 0.0184. The number of ether oxygens (including phenoxy) is 2. The summed E-state index contributed by atoms with van der Waals surface area (Å²) in [5.74, 6) is 1.35. The van der Waals surface area contributed by atoms with E-state index in [2.05, 4.69) is 22.6 Å². The van der Waals surface area contributed by atoms with Gasteiger partial charge in [0.2, 0.25) is 0 Å². The summed E-state index contributed by atoms with van der Waals surface area (Å²) in [5, 5.41) is 0. The molecule has 0 fully saturated rings. The van der Waals surface area contributed by atoms with Crippen molar-refractivity contribution in [2.24, 2.45) is 0 Å². The zero-order valence-electron chi connectivity index (χ0n) is 11.4. The summed E-state index contributed by atoms with van der Waals surface area (Å²) in [6.07, 6.45) is 0.292. The molecule has 4 heteroatoms. The van der Waals surface area contributed by atoms with Gasteiger partial charge in [-0.3, -0.25) is 4.79 Å². The van der Waals surface area contributed by atoms with Gasteiger partial charge in [0.15, 0.2) is 5.78 Å². The number of methoxy groups -OCH3 is 2. The Balaban J connectivity index is 2.30. The van der Waals surface area contributed by atoms with Crippen molar-refractivity contribution in [3.8, 4) is 11.5 Å². The molecule has 0 aliphatic heterocycles. The summed E-state index contributed by atoms with van der Waals surface area (Å²) >= 11 is 2.18. The first kappa shape index (κ1) is 14.8. The summed E-state index contributed by atoms with van der Waals surface area (Å²) in [6, 6.07) is 13.1. The van der Waals surface area contributed by atoms with Crippen LogP contribution in [0.1, 0.15) is 15.9 Å². The molecule has 0 amide bonds. The first-order valence-electron chi connectivity index (χ1n) is 6.14. The number of rotatable bonds is 5. The second-order valence-electron chi connectivity index (χ2n) is 4.26. The average Bonchev–Trinajstić information content (AvgIpc) is 2.47. The maximum absolute atomic E-state index is 12.5. The molecule has 0 atom stereocenters. The molecule has 2 rings (SSSR count). The summed E-state index contributed by atoms with van der Waals surface area (Å²) in [7, 11) is 3.18. The standard InChI is InChI=1S/C16H15IO3/c1-19-15-6-4-3-5-11(15)9-14(18)13-10-12(17)7-8-16(13)20-2/h3-8,10H,9H2,1-2H3. The summed E-state index contributed by atoms with van der Waals surface area (Å²) in [5.41, 5.74) is 1.48. The van der Waals surface area contributed by atoms with Crippen molar-refractivity contribution < 1.29 is 14.3 Å². The Bertz CT molecular complexity index is 623. The SMILES string of the molecule is COc1ccccc1CC(=O)c1cc(I)ccc1OC. The van der Waals surface area contributed by atoms with Crippen LogP contribution < -0.4 is 9.47 Å². The molecule has 0 aromatic heterocycles. The van der Waals surface area contributed by atoms with Gasteiger partial charge < -0.3 is 9.47 Å². The number of para-hydroxylation sites is 1. The lowest BCUT2D eigenvalue weighted by molar-refractivity contribution is 0.0989. The lowest BCUT2D eigenvalue weighted by Gasteiger charge is -2.10. The second kappa shape index (κ2) is 6.74. The van der Waals surface area contributed by atoms with E-state index in [4.69, 9.17) is 9.47 Å². The van der Waals surface area contributed by atoms with E-state index >= 15 is 0 Å². The van der Waals surface area contributed by atoms with Gasteiger partial charge in [0, 0.05) is 15.6 Å². The van der Waals surface area contributed by atoms with Crippen LogP contribution in [0.15, 0.2) is 42.5 Å². The fourth-order valence-electron chi connectivity index (χ4n) is 2.02. The average molecular weight is 382 g/mol. The van der Waals surface area contributed by atoms with Crippen LogP contribution >= 0.6 is 22.6 Å². The maximum atomic E-state index is 12.5. The van der Waals surface area contributed by atoms with Crippen molar-refractivity contribution in [2.45, 2.75) is 6.42 Å². The number of benzene rings is 2. The van der Waals surface area contributed by atoms with E-state index in [0.717, 1.165) is 14.9 Å². The maximum Gasteiger partial charge on any atom is 0.171 e. The van der Waals surface area contributed by atoms with Gasteiger partial charge >= 0.3 is 0 Å². The van der Waals surface area contributed by atoms with E-state index in [0.29, 0.717) is 17.7 Å². The van der Waals surface area contributed by atoms with Crippen LogP contribution in [-0.4, -0.2) is 20.0 Å². The van der Waals surface area contributed by atoms with Crippen LogP contribution in [0.4, 0.5) is 0 Å². The van der Waals surface area contributed by atoms with E-state index < -0.39 is 0 Å². The molecule has 0 saturated heterocycles. The van der Waals surface area contributed by atoms with Gasteiger partial charge in [-0.05, 0) is 46.9 Å². The van der Waals surface area contributed by atoms with Gasteiger partial charge in [-0.1, -0.05) is 18.2 Å². The lowest BCUT2D eigenvalue weighted by Crippen LogP contribution is -2.07. The third-order valence-corrected chi connectivity index (χ3v) is 3.68. The predicted octanol–water partition coefficient (Wildman–Crippen LogP) is 3.73. The molecule has 3 nitrogen and oxygen atoms in total. The molecule has 2 aromatic carbocycles. The number of carbonyl (C=O) groups excluding carboxylic acids is 1. The normalized spacial score (nSPS) is 10.2. The van der Waals surface area contributed by atoms with E-state index in [1.807, 2.05) is 42.5 Å². The van der Waals surface area contributed by atoms with E-state index in [-0.39, 0.29) is 5.78 Å². The van der Waals surface area contributed by atoms with E-state index in [9.17, 15) is 4.79 Å². The Kier molecular flexibility index (Phi) is 5.00. The topological polar surface area (TPSA) is 35.5 Å². The van der Waals surface area contributed by atoms with Crippen molar-refractivity contribution in [1.29, 1.82) is 0 Å². The van der Waals surface area contributed by atoms with Crippen molar-refractivity contribution >= 4 is 28.4 Å². The smallest absolute Gasteiger partial charge is 0.171 e. The van der Waals surface area contributed by atoms with E-state index in [1.165, 1.54) is 0 Å². The highest BCUT2D eigenvalue weighted by molar-refractivity contribution is 14.1. The molecule has 20 heavy (non-hydrogen) atoms. The number of hydrogen-bond acceptors (Lipinski definition) is 3. The lowest BCUT2D eigenvalue weighted by atomic mass is 10.0. The van der Waals surface area contributed by atoms with Crippen LogP contribution in [0.2, 0.25) is 0 Å². The van der Waals surface area contributed by atoms with Crippen LogP contribution in [0, 0.1) is 3.57 Å². The van der Waals surface area contributed by atoms with Gasteiger partial charge in [0.1, 0.15) is 11.5 Å².